The van der Waals surface area contributed by atoms with Gasteiger partial charge in [0.15, 0.2) is 0 Å². The Labute approximate surface area is 146 Å². The summed E-state index contributed by atoms with van der Waals surface area (Å²) >= 11 is 0. The number of H-pyrrole nitrogens is 1. The first-order chi connectivity index (χ1) is 12.1. The van der Waals surface area contributed by atoms with Gasteiger partial charge in [0.2, 0.25) is 5.91 Å². The Morgan fingerprint density at radius 2 is 1.96 bits per heavy atom. The van der Waals surface area contributed by atoms with Crippen molar-refractivity contribution in [2.75, 3.05) is 26.2 Å². The molecule has 1 aliphatic heterocycles. The Morgan fingerprint density at radius 1 is 1.16 bits per heavy atom. The molecule has 134 valence electrons. The summed E-state index contributed by atoms with van der Waals surface area (Å²) < 4.78 is 1.73. The summed E-state index contributed by atoms with van der Waals surface area (Å²) in [5.41, 5.74) is 1.71. The maximum atomic E-state index is 12.6. The van der Waals surface area contributed by atoms with Crippen molar-refractivity contribution in [1.29, 1.82) is 0 Å². The predicted molar refractivity (Wildman–Crippen MR) is 91.8 cm³/mol. The molecular formula is C17H24N6O2. The SMILES string of the molecule is Cn1cncc1C(=O)N1CCCN(C(=O)CCCc2cn[nH]c2)CC1. The fourth-order valence-corrected chi connectivity index (χ4v) is 3.11. The van der Waals surface area contributed by atoms with Crippen LogP contribution in [-0.2, 0) is 18.3 Å². The van der Waals surface area contributed by atoms with E-state index in [1.807, 2.05) is 23.0 Å². The molecule has 25 heavy (non-hydrogen) atoms. The highest BCUT2D eigenvalue weighted by atomic mass is 16.2. The van der Waals surface area contributed by atoms with Gasteiger partial charge in [-0.2, -0.15) is 5.10 Å². The summed E-state index contributed by atoms with van der Waals surface area (Å²) in [6.45, 7) is 2.54. The average Bonchev–Trinajstić information content (AvgIpc) is 3.20. The maximum absolute atomic E-state index is 12.6. The number of aromatic nitrogens is 4. The van der Waals surface area contributed by atoms with Crippen molar-refractivity contribution < 1.29 is 9.59 Å². The van der Waals surface area contributed by atoms with Crippen LogP contribution < -0.4 is 0 Å². The first-order valence-electron chi connectivity index (χ1n) is 8.66. The fourth-order valence-electron chi connectivity index (χ4n) is 3.11. The number of aromatic amines is 1. The molecule has 3 heterocycles. The molecule has 2 aromatic rings. The number of carbonyl (C=O) groups is 2. The van der Waals surface area contributed by atoms with Crippen LogP contribution in [0.15, 0.2) is 24.9 Å². The number of rotatable bonds is 5. The van der Waals surface area contributed by atoms with Crippen molar-refractivity contribution >= 4 is 11.8 Å². The van der Waals surface area contributed by atoms with Gasteiger partial charge in [0.05, 0.1) is 18.7 Å². The van der Waals surface area contributed by atoms with Gasteiger partial charge < -0.3 is 14.4 Å². The molecule has 8 nitrogen and oxygen atoms in total. The third kappa shape index (κ3) is 4.26. The summed E-state index contributed by atoms with van der Waals surface area (Å²) in [5, 5.41) is 6.69. The van der Waals surface area contributed by atoms with E-state index in [0.29, 0.717) is 38.3 Å². The van der Waals surface area contributed by atoms with Crippen LogP contribution in [0.4, 0.5) is 0 Å². The smallest absolute Gasteiger partial charge is 0.272 e. The summed E-state index contributed by atoms with van der Waals surface area (Å²) in [5.74, 6) is 0.146. The van der Waals surface area contributed by atoms with Crippen LogP contribution in [0, 0.1) is 0 Å². The Hall–Kier alpha value is -2.64. The van der Waals surface area contributed by atoms with Crippen LogP contribution in [0.2, 0.25) is 0 Å². The molecule has 0 atom stereocenters. The second-order valence-corrected chi connectivity index (χ2v) is 6.38. The van der Waals surface area contributed by atoms with Crippen LogP contribution in [0.25, 0.3) is 0 Å². The fraction of sp³-hybridized carbons (Fsp3) is 0.529. The Bertz CT molecular complexity index is 709. The van der Waals surface area contributed by atoms with Gasteiger partial charge >= 0.3 is 0 Å². The molecular weight excluding hydrogens is 320 g/mol. The standard InChI is InChI=1S/C17H24N6O2/c1-21-13-18-12-15(21)17(25)23-7-3-6-22(8-9-23)16(24)5-2-4-14-10-19-20-11-14/h10-13H,2-9H2,1H3,(H,19,20). The minimum absolute atomic E-state index is 0.0192. The van der Waals surface area contributed by atoms with Crippen molar-refractivity contribution in [3.8, 4) is 0 Å². The van der Waals surface area contributed by atoms with Gasteiger partial charge in [0.1, 0.15) is 5.69 Å². The summed E-state index contributed by atoms with van der Waals surface area (Å²) in [6, 6.07) is 0. The van der Waals surface area contributed by atoms with E-state index in [2.05, 4.69) is 15.2 Å². The van der Waals surface area contributed by atoms with E-state index in [1.165, 1.54) is 0 Å². The van der Waals surface area contributed by atoms with E-state index in [0.717, 1.165) is 24.8 Å². The molecule has 1 aliphatic rings. The third-order valence-corrected chi connectivity index (χ3v) is 4.58. The van der Waals surface area contributed by atoms with Crippen molar-refractivity contribution in [2.24, 2.45) is 7.05 Å². The number of hydrogen-bond acceptors (Lipinski definition) is 4. The zero-order valence-corrected chi connectivity index (χ0v) is 14.5. The van der Waals surface area contributed by atoms with Crippen LogP contribution in [-0.4, -0.2) is 67.5 Å². The number of hydrogen-bond donors (Lipinski definition) is 1. The highest BCUT2D eigenvalue weighted by Gasteiger charge is 2.23. The minimum Gasteiger partial charge on any atom is -0.341 e. The molecule has 0 bridgehead atoms. The number of nitrogens with zero attached hydrogens (tertiary/aromatic N) is 5. The summed E-state index contributed by atoms with van der Waals surface area (Å²) in [7, 11) is 1.81. The summed E-state index contributed by atoms with van der Waals surface area (Å²) in [6.07, 6.45) is 9.86. The highest BCUT2D eigenvalue weighted by Crippen LogP contribution is 2.11. The topological polar surface area (TPSA) is 87.1 Å². The first-order valence-corrected chi connectivity index (χ1v) is 8.66. The molecule has 2 aromatic heterocycles. The molecule has 0 unspecified atom stereocenters. The van der Waals surface area contributed by atoms with Gasteiger partial charge in [-0.25, -0.2) is 4.98 Å². The van der Waals surface area contributed by atoms with Crippen molar-refractivity contribution in [3.63, 3.8) is 0 Å². The number of nitrogens with one attached hydrogen (secondary N) is 1. The Balaban J connectivity index is 1.48. The highest BCUT2D eigenvalue weighted by molar-refractivity contribution is 5.92. The largest absolute Gasteiger partial charge is 0.341 e. The molecule has 0 radical (unpaired) electrons. The normalized spacial score (nSPS) is 15.2. The molecule has 0 saturated carbocycles. The van der Waals surface area contributed by atoms with Gasteiger partial charge in [-0.05, 0) is 24.8 Å². The Kier molecular flexibility index (Phi) is 5.47. The van der Waals surface area contributed by atoms with Gasteiger partial charge in [0.25, 0.3) is 5.91 Å². The lowest BCUT2D eigenvalue weighted by Gasteiger charge is -2.22. The monoisotopic (exact) mass is 344 g/mol. The molecule has 1 fully saturated rings. The quantitative estimate of drug-likeness (QED) is 0.871. The van der Waals surface area contributed by atoms with Crippen LogP contribution in [0.3, 0.4) is 0 Å². The Morgan fingerprint density at radius 3 is 2.68 bits per heavy atom. The lowest BCUT2D eigenvalue weighted by Crippen LogP contribution is -2.37. The zero-order chi connectivity index (χ0) is 17.6. The minimum atomic E-state index is -0.0192. The van der Waals surface area contributed by atoms with E-state index in [1.54, 1.807) is 23.3 Å². The van der Waals surface area contributed by atoms with E-state index in [4.69, 9.17) is 0 Å². The van der Waals surface area contributed by atoms with Crippen molar-refractivity contribution in [3.05, 3.63) is 36.2 Å². The van der Waals surface area contributed by atoms with Gasteiger partial charge in [0, 0.05) is 45.8 Å². The molecule has 2 amide bonds. The lowest BCUT2D eigenvalue weighted by molar-refractivity contribution is -0.131. The number of imidazole rings is 1. The lowest BCUT2D eigenvalue weighted by atomic mass is 10.1. The number of amides is 2. The number of carbonyl (C=O) groups excluding carboxylic acids is 2. The van der Waals surface area contributed by atoms with Crippen LogP contribution in [0.5, 0.6) is 0 Å². The molecule has 0 aliphatic carbocycles. The predicted octanol–water partition coefficient (Wildman–Crippen LogP) is 0.841. The van der Waals surface area contributed by atoms with E-state index in [-0.39, 0.29) is 11.8 Å². The van der Waals surface area contributed by atoms with Gasteiger partial charge in [-0.1, -0.05) is 0 Å². The maximum Gasteiger partial charge on any atom is 0.272 e. The zero-order valence-electron chi connectivity index (χ0n) is 14.5. The molecule has 0 spiro atoms. The third-order valence-electron chi connectivity index (χ3n) is 4.58. The second kappa shape index (κ2) is 7.96. The van der Waals surface area contributed by atoms with Gasteiger partial charge in [-0.3, -0.25) is 14.7 Å². The average molecular weight is 344 g/mol. The van der Waals surface area contributed by atoms with E-state index < -0.39 is 0 Å². The molecule has 1 saturated heterocycles. The molecule has 8 heteroatoms. The van der Waals surface area contributed by atoms with Crippen LogP contribution >= 0.6 is 0 Å². The molecule has 3 rings (SSSR count). The van der Waals surface area contributed by atoms with Crippen molar-refractivity contribution in [2.45, 2.75) is 25.7 Å². The molecule has 1 N–H and O–H groups in total. The van der Waals surface area contributed by atoms with Gasteiger partial charge in [-0.15, -0.1) is 0 Å². The van der Waals surface area contributed by atoms with E-state index >= 15 is 0 Å². The summed E-state index contributed by atoms with van der Waals surface area (Å²) in [4.78, 5) is 32.7. The van der Waals surface area contributed by atoms with Crippen molar-refractivity contribution in [1.82, 2.24) is 29.5 Å². The van der Waals surface area contributed by atoms with E-state index in [9.17, 15) is 9.59 Å². The first kappa shape index (κ1) is 17.2. The van der Waals surface area contributed by atoms with Crippen LogP contribution in [0.1, 0.15) is 35.3 Å². The molecule has 0 aromatic carbocycles. The second-order valence-electron chi connectivity index (χ2n) is 6.38. The number of aryl methyl sites for hydroxylation is 2.